The first-order valence-corrected chi connectivity index (χ1v) is 28.9. The highest BCUT2D eigenvalue weighted by atomic mass is 16.4. The van der Waals surface area contributed by atoms with Crippen LogP contribution < -0.4 is 10.2 Å². The maximum atomic E-state index is 13.7. The molecule has 3 aliphatic heterocycles. The first kappa shape index (κ1) is 74.2. The third-order valence-corrected chi connectivity index (χ3v) is 12.6. The van der Waals surface area contributed by atoms with E-state index in [1.54, 1.807) is 0 Å². The van der Waals surface area contributed by atoms with Crippen LogP contribution in [0.3, 0.4) is 0 Å². The monoisotopic (exact) mass is 1290 g/mol. The van der Waals surface area contributed by atoms with Gasteiger partial charge in [-0.25, -0.2) is 0 Å². The Morgan fingerprint density at radius 2 is 0.810 bits per heavy atom. The second-order valence-electron chi connectivity index (χ2n) is 20.1. The van der Waals surface area contributed by atoms with Crippen molar-refractivity contribution in [1.82, 2.24) is 24.9 Å². The number of carbonyl (C=O) groups is 4. The first-order valence-electron chi connectivity index (χ1n) is 28.9. The maximum absolute atomic E-state index is 13.7. The third kappa shape index (κ3) is 26.7. The molecule has 2 aromatic rings. The predicted octanol–water partition coefficient (Wildman–Crippen LogP) is 5.08. The second-order valence-corrected chi connectivity index (χ2v) is 20.1. The molecule has 3 aliphatic rings. The van der Waals surface area contributed by atoms with E-state index >= 15 is 0 Å². The van der Waals surface area contributed by atoms with E-state index in [1.807, 2.05) is 76.3 Å². The molecule has 100 heavy (non-hydrogen) atoms. The van der Waals surface area contributed by atoms with E-state index in [0.29, 0.717) is 0 Å². The van der Waals surface area contributed by atoms with Crippen LogP contribution in [0.2, 0.25) is 0 Å². The highest BCUT2D eigenvalue weighted by molar-refractivity contribution is 6.03. The average Bonchev–Trinajstić information content (AvgIpc) is 1.60. The predicted molar refractivity (Wildman–Crippen MR) is 384 cm³/mol. The number of carboxylic acids is 3. The highest BCUT2D eigenvalue weighted by Gasteiger charge is 2.44. The van der Waals surface area contributed by atoms with Crippen molar-refractivity contribution in [3.05, 3.63) is 145 Å². The van der Waals surface area contributed by atoms with Gasteiger partial charge in [-0.1, -0.05) is 62.4 Å². The Hall–Kier alpha value is -16.5. The standard InChI is InChI=1S/C86H47N7O7/c1-7-9-11-13-15-17-19-21-23-25-27-29-31-33-35-37-39-41-43-50-58-92-77-53-49-48-52-75(77)85(3,4)79(92)54-46-45-47-55-80-86(5,6)76-68-74(56-57-78(76)93(80)59-51-44-42-40-38-36-34-32-30-28-26-24-22-20-18-16-14-12-10-8-2)69-87-81(94)70-88-60-62-89(71-82(95)96)64-66-91(73-84(99)100)67-65-90(63-61-88)72-83(97)98/h1-2,45-49,52-57,60-68H,69-73H2,3-6H3,(H3-,87,94,95,96,97,98,99,100)/p+1/b62-60-,63-61?,66-64-,67-65-. The van der Waals surface area contributed by atoms with E-state index in [9.17, 15) is 34.5 Å². The summed E-state index contributed by atoms with van der Waals surface area (Å²) in [5.41, 5.74) is 5.02. The quantitative estimate of drug-likeness (QED) is 0.120. The van der Waals surface area contributed by atoms with Gasteiger partial charge in [-0.05, 0) is 132 Å². The number of fused-ring (bicyclic) bond motifs is 2. The molecule has 0 unspecified atom stereocenters. The van der Waals surface area contributed by atoms with Crippen molar-refractivity contribution >= 4 is 40.9 Å². The van der Waals surface area contributed by atoms with Crippen LogP contribution in [0.15, 0.2) is 128 Å². The van der Waals surface area contributed by atoms with Crippen molar-refractivity contribution in [3.8, 4) is 262 Å². The topological polar surface area (TPSA) is 160 Å². The number of anilines is 1. The summed E-state index contributed by atoms with van der Waals surface area (Å²) in [7, 11) is 0. The summed E-state index contributed by atoms with van der Waals surface area (Å²) in [4.78, 5) is 55.9. The van der Waals surface area contributed by atoms with E-state index in [4.69, 9.17) is 12.8 Å². The van der Waals surface area contributed by atoms with Crippen molar-refractivity contribution in [2.24, 2.45) is 0 Å². The number of terminal acetylenes is 2. The molecule has 3 heterocycles. The maximum Gasteiger partial charge on any atom is 0.323 e. The number of allylic oxidation sites excluding steroid dienone is 6. The minimum Gasteiger partial charge on any atom is -0.480 e. The van der Waals surface area contributed by atoms with Gasteiger partial charge in [0.1, 0.15) is 26.2 Å². The van der Waals surface area contributed by atoms with E-state index in [0.717, 1.165) is 39.5 Å². The summed E-state index contributed by atoms with van der Waals surface area (Å²) in [6.45, 7) is 6.67. The van der Waals surface area contributed by atoms with Gasteiger partial charge in [0.15, 0.2) is 0 Å². The number of rotatable bonds is 13. The molecule has 0 saturated heterocycles. The smallest absolute Gasteiger partial charge is 0.323 e. The van der Waals surface area contributed by atoms with Crippen LogP contribution in [0.4, 0.5) is 11.4 Å². The molecule has 1 amide bonds. The number of para-hydroxylation sites is 1. The summed E-state index contributed by atoms with van der Waals surface area (Å²) in [5.74, 6) is 97.9. The molecule has 0 fully saturated rings. The highest BCUT2D eigenvalue weighted by Crippen LogP contribution is 2.48. The minimum absolute atomic E-state index is 0.101. The zero-order valence-corrected chi connectivity index (χ0v) is 53.9. The Bertz CT molecular complexity index is 5440. The molecular formula is C86H48N7O7+. The molecule has 468 valence electrons. The van der Waals surface area contributed by atoms with Crippen LogP contribution in [-0.4, -0.2) is 95.2 Å². The van der Waals surface area contributed by atoms with Gasteiger partial charge in [0, 0.05) is 227 Å². The Morgan fingerprint density at radius 1 is 0.440 bits per heavy atom. The van der Waals surface area contributed by atoms with Gasteiger partial charge in [0.2, 0.25) is 23.4 Å². The number of nitrogens with one attached hydrogen (secondary N) is 1. The van der Waals surface area contributed by atoms with E-state index in [2.05, 4.69) is 288 Å². The number of hydrogen-bond acceptors (Lipinski definition) is 9. The Morgan fingerprint density at radius 3 is 1.21 bits per heavy atom. The number of benzene rings is 2. The van der Waals surface area contributed by atoms with Crippen molar-refractivity contribution in [3.63, 3.8) is 0 Å². The number of carbonyl (C=O) groups excluding carboxylic acids is 1. The van der Waals surface area contributed by atoms with Crippen LogP contribution in [0.1, 0.15) is 44.4 Å². The van der Waals surface area contributed by atoms with Crippen molar-refractivity contribution in [2.75, 3.05) is 31.1 Å². The van der Waals surface area contributed by atoms with Gasteiger partial charge in [-0.2, -0.15) is 0 Å². The Kier molecular flexibility index (Phi) is 31.0. The fourth-order valence-electron chi connectivity index (χ4n) is 8.34. The summed E-state index contributed by atoms with van der Waals surface area (Å²) in [6, 6.07) is 20.1. The summed E-state index contributed by atoms with van der Waals surface area (Å²) >= 11 is 0. The minimum atomic E-state index is -1.19. The molecule has 0 spiro atoms. The van der Waals surface area contributed by atoms with Crippen LogP contribution in [0, 0.1) is 262 Å². The molecule has 2 aromatic carbocycles. The molecule has 0 atom stereocenters. The van der Waals surface area contributed by atoms with Gasteiger partial charge in [0.25, 0.3) is 0 Å². The number of aliphatic carboxylic acids is 3. The molecule has 4 N–H and O–H groups in total. The molecule has 5 rings (SSSR count). The number of nitrogens with zero attached hydrogens (tertiary/aromatic N) is 6. The largest absolute Gasteiger partial charge is 0.480 e. The second kappa shape index (κ2) is 41.8. The Balaban J connectivity index is 1.41. The molecule has 0 aromatic heterocycles. The molecule has 0 radical (unpaired) electrons. The summed E-state index contributed by atoms with van der Waals surface area (Å²) in [6.07, 6.45) is 30.7. The zero-order chi connectivity index (χ0) is 71.9. The molecular weight excluding hydrogens is 1240 g/mol. The summed E-state index contributed by atoms with van der Waals surface area (Å²) in [5, 5.41) is 31.6. The SMILES string of the molecule is C#CC#CC#CC#CC#CC#CC#CC#CC#CC#CC#CN1C(=CC=CC=CC2=[N+](C#CC#CC#CC#CC#CC#CC#CC#CC#CC#CC#C)c3ccccc3C2(C)C)C(C)(C)c2cc(CNC(=O)CN3C=CN(CC(=O)O)/C=C\N(CC(=O)O)/C=C\N(CC(=O)O)/C=C\3)ccc21. The zero-order valence-electron chi connectivity index (χ0n) is 53.9. The van der Waals surface area contributed by atoms with E-state index in [-0.39, 0.29) is 13.1 Å². The van der Waals surface area contributed by atoms with E-state index < -0.39 is 54.3 Å². The van der Waals surface area contributed by atoms with Gasteiger partial charge in [-0.15, -0.1) is 17.4 Å². The lowest BCUT2D eigenvalue weighted by Gasteiger charge is -2.23. The van der Waals surface area contributed by atoms with Crippen molar-refractivity contribution < 1.29 is 39.1 Å². The van der Waals surface area contributed by atoms with Crippen LogP contribution in [0.5, 0.6) is 0 Å². The lowest BCUT2D eigenvalue weighted by atomic mass is 9.81. The van der Waals surface area contributed by atoms with Crippen molar-refractivity contribution in [2.45, 2.75) is 45.1 Å². The van der Waals surface area contributed by atoms with Gasteiger partial charge < -0.3 is 40.2 Å². The fraction of sp³-hybridized carbons (Fsp3) is 0.128. The lowest BCUT2D eigenvalue weighted by molar-refractivity contribution is -0.332. The molecule has 14 nitrogen and oxygen atoms in total. The fourth-order valence-corrected chi connectivity index (χ4v) is 8.34. The normalized spacial score (nSPS) is 13.0. The Labute approximate surface area is 584 Å². The lowest BCUT2D eigenvalue weighted by Crippen LogP contribution is -2.33. The molecule has 0 aliphatic carbocycles. The number of carboxylic acid groups (broad SMARTS) is 3. The number of amides is 1. The van der Waals surface area contributed by atoms with Gasteiger partial charge in [-0.3, -0.25) is 24.1 Å². The van der Waals surface area contributed by atoms with Crippen molar-refractivity contribution in [1.29, 1.82) is 0 Å². The summed E-state index contributed by atoms with van der Waals surface area (Å²) < 4.78 is 1.91. The van der Waals surface area contributed by atoms with Gasteiger partial charge >= 0.3 is 17.9 Å². The average molecular weight is 1290 g/mol. The van der Waals surface area contributed by atoms with Crippen LogP contribution >= 0.6 is 0 Å². The van der Waals surface area contributed by atoms with E-state index in [1.165, 1.54) is 69.2 Å². The molecule has 0 saturated carbocycles. The first-order chi connectivity index (χ1) is 48.5. The van der Waals surface area contributed by atoms with Crippen LogP contribution in [0.25, 0.3) is 0 Å². The van der Waals surface area contributed by atoms with Crippen LogP contribution in [-0.2, 0) is 36.6 Å². The van der Waals surface area contributed by atoms with Gasteiger partial charge in [0.05, 0.1) is 17.0 Å². The third-order valence-electron chi connectivity index (χ3n) is 12.6. The molecule has 14 heteroatoms. The number of hydrogen-bond donors (Lipinski definition) is 4. The molecule has 0 bridgehead atoms.